The topological polar surface area (TPSA) is 88.3 Å². The monoisotopic (exact) mass is 350 g/mol. The second-order valence-electron chi connectivity index (χ2n) is 5.92. The fraction of sp³-hybridized carbons (Fsp3) is 0.150. The molecule has 1 heterocycles. The molecule has 0 aliphatic heterocycles. The van der Waals surface area contributed by atoms with Gasteiger partial charge < -0.3 is 15.0 Å². The van der Waals surface area contributed by atoms with E-state index in [1.54, 1.807) is 25.3 Å². The number of nitrogens with one attached hydrogen (secondary N) is 2. The third kappa shape index (κ3) is 3.64. The number of carbonyl (C=O) groups excluding carboxylic acids is 3. The van der Waals surface area contributed by atoms with Gasteiger partial charge in [0.1, 0.15) is 0 Å². The molecule has 132 valence electrons. The van der Waals surface area contributed by atoms with Gasteiger partial charge in [0, 0.05) is 35.3 Å². The molecule has 2 aromatic carbocycles. The van der Waals surface area contributed by atoms with Gasteiger partial charge in [0.05, 0.1) is 5.56 Å². The molecule has 6 nitrogen and oxygen atoms in total. The number of carbonyl (C=O) groups is 3. The second kappa shape index (κ2) is 7.23. The van der Waals surface area contributed by atoms with E-state index < -0.39 is 12.1 Å². The molecule has 1 unspecified atom stereocenters. The van der Waals surface area contributed by atoms with Crippen molar-refractivity contribution in [3.05, 3.63) is 65.9 Å². The lowest BCUT2D eigenvalue weighted by molar-refractivity contribution is -0.114. The van der Waals surface area contributed by atoms with Crippen LogP contribution in [0.4, 0.5) is 5.69 Å². The van der Waals surface area contributed by atoms with Crippen molar-refractivity contribution >= 4 is 34.3 Å². The smallest absolute Gasteiger partial charge is 0.338 e. The summed E-state index contributed by atoms with van der Waals surface area (Å²) in [6, 6.07) is 13.7. The van der Waals surface area contributed by atoms with Gasteiger partial charge in [0.2, 0.25) is 11.7 Å². The highest BCUT2D eigenvalue weighted by Crippen LogP contribution is 2.20. The number of hydrogen-bond acceptors (Lipinski definition) is 4. The van der Waals surface area contributed by atoms with E-state index in [0.29, 0.717) is 16.8 Å². The van der Waals surface area contributed by atoms with E-state index in [-0.39, 0.29) is 11.7 Å². The minimum atomic E-state index is -0.920. The summed E-state index contributed by atoms with van der Waals surface area (Å²) in [5, 5.41) is 3.41. The number of fused-ring (bicyclic) bond motifs is 1. The van der Waals surface area contributed by atoms with Crippen LogP contribution in [0.15, 0.2) is 54.7 Å². The van der Waals surface area contributed by atoms with E-state index in [1.807, 2.05) is 24.3 Å². The number of ketones is 1. The van der Waals surface area contributed by atoms with Crippen LogP contribution in [0.5, 0.6) is 0 Å². The maximum Gasteiger partial charge on any atom is 0.338 e. The Hall–Kier alpha value is -3.41. The van der Waals surface area contributed by atoms with Crippen LogP contribution >= 0.6 is 0 Å². The van der Waals surface area contributed by atoms with Crippen molar-refractivity contribution in [2.45, 2.75) is 20.0 Å². The second-order valence-corrected chi connectivity index (χ2v) is 5.92. The zero-order valence-corrected chi connectivity index (χ0v) is 14.4. The van der Waals surface area contributed by atoms with Gasteiger partial charge in [-0.1, -0.05) is 18.2 Å². The molecule has 3 aromatic rings. The van der Waals surface area contributed by atoms with Crippen LogP contribution in [-0.2, 0) is 9.53 Å². The molecule has 0 bridgehead atoms. The van der Waals surface area contributed by atoms with E-state index in [9.17, 15) is 14.4 Å². The summed E-state index contributed by atoms with van der Waals surface area (Å²) < 4.78 is 5.30. The summed E-state index contributed by atoms with van der Waals surface area (Å²) in [6.45, 7) is 2.95. The molecule has 3 rings (SSSR count). The van der Waals surface area contributed by atoms with Crippen molar-refractivity contribution < 1.29 is 19.1 Å². The summed E-state index contributed by atoms with van der Waals surface area (Å²) in [5.41, 5.74) is 2.22. The number of aromatic nitrogens is 1. The van der Waals surface area contributed by atoms with E-state index in [2.05, 4.69) is 10.3 Å². The van der Waals surface area contributed by atoms with Crippen molar-refractivity contribution in [2.75, 3.05) is 5.32 Å². The SMILES string of the molecule is CC(=O)Nc1ccc(C(=O)OC(C)C(=O)c2c[nH]c3ccccc23)cc1. The molecule has 2 N–H and O–H groups in total. The molecule has 26 heavy (non-hydrogen) atoms. The number of ether oxygens (including phenoxy) is 1. The molecule has 0 spiro atoms. The molecule has 0 saturated heterocycles. The number of Topliss-reactive ketones (excluding diaryl/α,β-unsaturated/α-hetero) is 1. The highest BCUT2D eigenvalue weighted by Gasteiger charge is 2.22. The Morgan fingerprint density at radius 3 is 2.42 bits per heavy atom. The average Bonchev–Trinajstić information content (AvgIpc) is 3.05. The molecular formula is C20H18N2O4. The van der Waals surface area contributed by atoms with E-state index in [0.717, 1.165) is 10.9 Å². The first-order valence-electron chi connectivity index (χ1n) is 8.14. The Labute approximate surface area is 150 Å². The normalized spacial score (nSPS) is 11.8. The number of H-pyrrole nitrogens is 1. The average molecular weight is 350 g/mol. The zero-order valence-electron chi connectivity index (χ0n) is 14.4. The van der Waals surface area contributed by atoms with Gasteiger partial charge in [-0.2, -0.15) is 0 Å². The van der Waals surface area contributed by atoms with Crippen LogP contribution in [0.3, 0.4) is 0 Å². The summed E-state index contributed by atoms with van der Waals surface area (Å²) in [5.74, 6) is -1.07. The van der Waals surface area contributed by atoms with Crippen LogP contribution in [0.25, 0.3) is 10.9 Å². The summed E-state index contributed by atoms with van der Waals surface area (Å²) >= 11 is 0. The number of benzene rings is 2. The summed E-state index contributed by atoms with van der Waals surface area (Å²) in [7, 11) is 0. The first kappa shape index (κ1) is 17.4. The highest BCUT2D eigenvalue weighted by molar-refractivity contribution is 6.10. The Morgan fingerprint density at radius 1 is 1.04 bits per heavy atom. The van der Waals surface area contributed by atoms with Crippen LogP contribution in [0.2, 0.25) is 0 Å². The summed E-state index contributed by atoms with van der Waals surface area (Å²) in [6.07, 6.45) is 0.705. The maximum atomic E-state index is 12.6. The third-order valence-corrected chi connectivity index (χ3v) is 3.95. The number of hydrogen-bond donors (Lipinski definition) is 2. The third-order valence-electron chi connectivity index (χ3n) is 3.95. The number of aromatic amines is 1. The van der Waals surface area contributed by atoms with Gasteiger partial charge in [0.25, 0.3) is 0 Å². The number of esters is 1. The van der Waals surface area contributed by atoms with Crippen LogP contribution < -0.4 is 5.32 Å². The van der Waals surface area contributed by atoms with E-state index in [1.165, 1.54) is 19.1 Å². The highest BCUT2D eigenvalue weighted by atomic mass is 16.5. The number of para-hydroxylation sites is 1. The minimum Gasteiger partial charge on any atom is -0.451 e. The quantitative estimate of drug-likeness (QED) is 0.544. The Morgan fingerprint density at radius 2 is 1.73 bits per heavy atom. The first-order valence-corrected chi connectivity index (χ1v) is 8.14. The number of rotatable bonds is 5. The molecule has 1 amide bonds. The van der Waals surface area contributed by atoms with Gasteiger partial charge in [-0.05, 0) is 37.3 Å². The maximum absolute atomic E-state index is 12.6. The Balaban J connectivity index is 1.70. The molecule has 0 aliphatic carbocycles. The molecule has 1 atom stereocenters. The van der Waals surface area contributed by atoms with Crippen LogP contribution in [0, 0.1) is 0 Å². The molecule has 1 aromatic heterocycles. The standard InChI is InChI=1S/C20H18N2O4/c1-12(19(24)17-11-21-18-6-4-3-5-16(17)18)26-20(25)14-7-9-15(10-8-14)22-13(2)23/h3-12,21H,1-2H3,(H,22,23). The Bertz CT molecular complexity index is 973. The fourth-order valence-corrected chi connectivity index (χ4v) is 2.67. The largest absolute Gasteiger partial charge is 0.451 e. The first-order chi connectivity index (χ1) is 12.5. The van der Waals surface area contributed by atoms with Gasteiger partial charge in [-0.25, -0.2) is 4.79 Å². The van der Waals surface area contributed by atoms with Crippen molar-refractivity contribution in [1.82, 2.24) is 4.98 Å². The molecule has 0 fully saturated rings. The van der Waals surface area contributed by atoms with Gasteiger partial charge >= 0.3 is 5.97 Å². The predicted molar refractivity (Wildman–Crippen MR) is 98.3 cm³/mol. The lowest BCUT2D eigenvalue weighted by Gasteiger charge is -2.12. The van der Waals surface area contributed by atoms with Gasteiger partial charge in [-0.15, -0.1) is 0 Å². The van der Waals surface area contributed by atoms with Crippen molar-refractivity contribution in [3.63, 3.8) is 0 Å². The predicted octanol–water partition coefficient (Wildman–Crippen LogP) is 3.55. The zero-order chi connectivity index (χ0) is 18.7. The summed E-state index contributed by atoms with van der Waals surface area (Å²) in [4.78, 5) is 38.9. The molecule has 0 saturated carbocycles. The minimum absolute atomic E-state index is 0.196. The lowest BCUT2D eigenvalue weighted by atomic mass is 10.1. The van der Waals surface area contributed by atoms with Gasteiger partial charge in [-0.3, -0.25) is 9.59 Å². The van der Waals surface area contributed by atoms with Gasteiger partial charge in [0.15, 0.2) is 6.10 Å². The fourth-order valence-electron chi connectivity index (χ4n) is 2.67. The molecule has 6 heteroatoms. The van der Waals surface area contributed by atoms with Crippen LogP contribution in [-0.4, -0.2) is 28.7 Å². The number of amides is 1. The van der Waals surface area contributed by atoms with E-state index >= 15 is 0 Å². The molecular weight excluding hydrogens is 332 g/mol. The van der Waals surface area contributed by atoms with Crippen LogP contribution in [0.1, 0.15) is 34.6 Å². The van der Waals surface area contributed by atoms with Crippen molar-refractivity contribution in [1.29, 1.82) is 0 Å². The Kier molecular flexibility index (Phi) is 4.84. The van der Waals surface area contributed by atoms with Crippen molar-refractivity contribution in [3.8, 4) is 0 Å². The molecule has 0 aliphatic rings. The molecule has 0 radical (unpaired) electrons. The lowest BCUT2D eigenvalue weighted by Crippen LogP contribution is -2.24. The van der Waals surface area contributed by atoms with Crippen molar-refractivity contribution in [2.24, 2.45) is 0 Å². The number of anilines is 1. The van der Waals surface area contributed by atoms with E-state index in [4.69, 9.17) is 4.74 Å².